The number of nitrogens with one attached hydrogen (secondary N) is 2. The molecule has 0 saturated carbocycles. The Labute approximate surface area is 153 Å². The second kappa shape index (κ2) is 10.0. The number of aliphatic hydroxyl groups excluding tert-OH is 1. The number of rotatable bonds is 10. The Balaban J connectivity index is 1.75. The minimum absolute atomic E-state index is 0.00630. The molecule has 3 amide bonds. The molecule has 1 aliphatic heterocycles. The molecule has 1 aromatic rings. The molecular weight excluding hydrogens is 334 g/mol. The SMILES string of the molecule is CCCCC[C@@H](O)CCC(=O)NN[C@H]1CC(=O)N(c2ccccc2)C1=O. The van der Waals surface area contributed by atoms with Gasteiger partial charge in [0.25, 0.3) is 5.91 Å². The number of carbonyl (C=O) groups excluding carboxylic acids is 3. The highest BCUT2D eigenvalue weighted by atomic mass is 16.3. The summed E-state index contributed by atoms with van der Waals surface area (Å²) < 4.78 is 0. The van der Waals surface area contributed by atoms with Gasteiger partial charge in [0.2, 0.25) is 11.8 Å². The fourth-order valence-corrected chi connectivity index (χ4v) is 2.90. The van der Waals surface area contributed by atoms with Crippen molar-refractivity contribution in [3.05, 3.63) is 30.3 Å². The van der Waals surface area contributed by atoms with Gasteiger partial charge in [-0.05, 0) is 25.0 Å². The molecular formula is C19H27N3O4. The molecule has 1 aliphatic rings. The van der Waals surface area contributed by atoms with E-state index < -0.39 is 12.1 Å². The summed E-state index contributed by atoms with van der Waals surface area (Å²) in [7, 11) is 0. The first-order valence-electron chi connectivity index (χ1n) is 9.17. The highest BCUT2D eigenvalue weighted by Gasteiger charge is 2.39. The summed E-state index contributed by atoms with van der Waals surface area (Å²) in [5.41, 5.74) is 5.64. The van der Waals surface area contributed by atoms with Crippen molar-refractivity contribution in [2.45, 2.75) is 64.0 Å². The first-order valence-corrected chi connectivity index (χ1v) is 9.17. The summed E-state index contributed by atoms with van der Waals surface area (Å²) in [6.07, 6.45) is 3.85. The number of anilines is 1. The molecule has 1 aromatic carbocycles. The maximum atomic E-state index is 12.4. The number of para-hydroxylation sites is 1. The summed E-state index contributed by atoms with van der Waals surface area (Å²) in [6.45, 7) is 2.10. The lowest BCUT2D eigenvalue weighted by Gasteiger charge is -2.16. The maximum absolute atomic E-state index is 12.4. The van der Waals surface area contributed by atoms with Crippen molar-refractivity contribution in [1.29, 1.82) is 0 Å². The van der Waals surface area contributed by atoms with Gasteiger partial charge in [0.05, 0.1) is 18.2 Å². The van der Waals surface area contributed by atoms with Gasteiger partial charge in [0, 0.05) is 6.42 Å². The number of hydrogen-bond acceptors (Lipinski definition) is 5. The van der Waals surface area contributed by atoms with Gasteiger partial charge < -0.3 is 5.11 Å². The molecule has 2 atom stereocenters. The highest BCUT2D eigenvalue weighted by Crippen LogP contribution is 2.22. The predicted molar refractivity (Wildman–Crippen MR) is 98.0 cm³/mol. The highest BCUT2D eigenvalue weighted by molar-refractivity contribution is 6.22. The summed E-state index contributed by atoms with van der Waals surface area (Å²) in [6, 6.07) is 7.92. The Morgan fingerprint density at radius 2 is 1.96 bits per heavy atom. The van der Waals surface area contributed by atoms with Crippen molar-refractivity contribution in [3.63, 3.8) is 0 Å². The Morgan fingerprint density at radius 3 is 2.65 bits per heavy atom. The van der Waals surface area contributed by atoms with Crippen LogP contribution >= 0.6 is 0 Å². The lowest BCUT2D eigenvalue weighted by Crippen LogP contribution is -2.48. The zero-order valence-corrected chi connectivity index (χ0v) is 15.1. The molecule has 2 rings (SSSR count). The molecule has 1 fully saturated rings. The molecule has 142 valence electrons. The van der Waals surface area contributed by atoms with Gasteiger partial charge in [0.15, 0.2) is 0 Å². The van der Waals surface area contributed by atoms with Crippen LogP contribution in [0.15, 0.2) is 30.3 Å². The van der Waals surface area contributed by atoms with Crippen molar-refractivity contribution >= 4 is 23.4 Å². The number of hydrogen-bond donors (Lipinski definition) is 3. The number of amides is 3. The number of unbranched alkanes of at least 4 members (excludes halogenated alkanes) is 2. The van der Waals surface area contributed by atoms with Crippen molar-refractivity contribution in [3.8, 4) is 0 Å². The smallest absolute Gasteiger partial charge is 0.253 e. The van der Waals surface area contributed by atoms with E-state index in [-0.39, 0.29) is 30.6 Å². The van der Waals surface area contributed by atoms with Crippen LogP contribution in [-0.4, -0.2) is 35.0 Å². The van der Waals surface area contributed by atoms with E-state index in [1.807, 2.05) is 0 Å². The molecule has 0 aliphatic carbocycles. The standard InChI is InChI=1S/C19H27N3O4/c1-2-3-5-10-15(23)11-12-17(24)21-20-16-13-18(25)22(19(16)26)14-8-6-4-7-9-14/h4,6-9,15-16,20,23H,2-3,5,10-13H2,1H3,(H,21,24)/t15-,16+/m1/s1. The first-order chi connectivity index (χ1) is 12.5. The molecule has 7 heteroatoms. The normalized spacial score (nSPS) is 18.2. The molecule has 0 aromatic heterocycles. The third kappa shape index (κ3) is 5.64. The molecule has 0 bridgehead atoms. The van der Waals surface area contributed by atoms with Crippen LogP contribution in [0.4, 0.5) is 5.69 Å². The molecule has 26 heavy (non-hydrogen) atoms. The predicted octanol–water partition coefficient (Wildman–Crippen LogP) is 1.66. The summed E-state index contributed by atoms with van der Waals surface area (Å²) in [5, 5.41) is 9.84. The van der Waals surface area contributed by atoms with Gasteiger partial charge in [-0.15, -0.1) is 0 Å². The Hall–Kier alpha value is -2.25. The number of aliphatic hydroxyl groups is 1. The van der Waals surface area contributed by atoms with Crippen LogP contribution in [0.3, 0.4) is 0 Å². The number of benzene rings is 1. The van der Waals surface area contributed by atoms with E-state index in [0.717, 1.165) is 24.2 Å². The van der Waals surface area contributed by atoms with Crippen LogP contribution in [-0.2, 0) is 14.4 Å². The Kier molecular flexibility index (Phi) is 7.74. The third-order valence-corrected chi connectivity index (χ3v) is 4.39. The number of nitrogens with zero attached hydrogens (tertiary/aromatic N) is 1. The first kappa shape index (κ1) is 20.1. The van der Waals surface area contributed by atoms with Gasteiger partial charge in [0.1, 0.15) is 6.04 Å². The van der Waals surface area contributed by atoms with Crippen molar-refractivity contribution < 1.29 is 19.5 Å². The zero-order chi connectivity index (χ0) is 18.9. The van der Waals surface area contributed by atoms with Crippen LogP contribution in [0.2, 0.25) is 0 Å². The van der Waals surface area contributed by atoms with Crippen LogP contribution in [0.1, 0.15) is 51.9 Å². The van der Waals surface area contributed by atoms with Crippen LogP contribution in [0, 0.1) is 0 Å². The maximum Gasteiger partial charge on any atom is 0.253 e. The van der Waals surface area contributed by atoms with E-state index in [0.29, 0.717) is 18.5 Å². The monoisotopic (exact) mass is 361 g/mol. The Bertz CT molecular complexity index is 620. The molecule has 0 spiro atoms. The minimum Gasteiger partial charge on any atom is -0.393 e. The second-order valence-corrected chi connectivity index (χ2v) is 6.54. The lowest BCUT2D eigenvalue weighted by molar-refractivity contribution is -0.123. The fraction of sp³-hybridized carbons (Fsp3) is 0.526. The van der Waals surface area contributed by atoms with E-state index >= 15 is 0 Å². The number of hydrazine groups is 1. The van der Waals surface area contributed by atoms with E-state index in [1.54, 1.807) is 30.3 Å². The van der Waals surface area contributed by atoms with Crippen molar-refractivity contribution in [2.24, 2.45) is 0 Å². The second-order valence-electron chi connectivity index (χ2n) is 6.54. The van der Waals surface area contributed by atoms with Crippen LogP contribution in [0.25, 0.3) is 0 Å². The van der Waals surface area contributed by atoms with Gasteiger partial charge in [-0.3, -0.25) is 19.8 Å². The van der Waals surface area contributed by atoms with E-state index in [2.05, 4.69) is 17.8 Å². The average Bonchev–Trinajstić information content (AvgIpc) is 2.92. The molecule has 3 N–H and O–H groups in total. The lowest BCUT2D eigenvalue weighted by atomic mass is 10.1. The quantitative estimate of drug-likeness (QED) is 0.334. The average molecular weight is 361 g/mol. The van der Waals surface area contributed by atoms with E-state index in [9.17, 15) is 19.5 Å². The fourth-order valence-electron chi connectivity index (χ4n) is 2.90. The van der Waals surface area contributed by atoms with E-state index in [1.165, 1.54) is 0 Å². The molecule has 0 unspecified atom stereocenters. The largest absolute Gasteiger partial charge is 0.393 e. The molecule has 1 heterocycles. The molecule has 7 nitrogen and oxygen atoms in total. The number of imide groups is 1. The summed E-state index contributed by atoms with van der Waals surface area (Å²) >= 11 is 0. The van der Waals surface area contributed by atoms with E-state index in [4.69, 9.17) is 0 Å². The van der Waals surface area contributed by atoms with Crippen molar-refractivity contribution in [2.75, 3.05) is 4.90 Å². The van der Waals surface area contributed by atoms with Gasteiger partial charge in [-0.1, -0.05) is 44.4 Å². The van der Waals surface area contributed by atoms with Gasteiger partial charge in [-0.2, -0.15) is 0 Å². The van der Waals surface area contributed by atoms with Crippen LogP contribution in [0.5, 0.6) is 0 Å². The van der Waals surface area contributed by atoms with Gasteiger partial charge in [-0.25, -0.2) is 10.3 Å². The summed E-state index contributed by atoms with van der Waals surface area (Å²) in [5.74, 6) is -1.00. The topological polar surface area (TPSA) is 98.7 Å². The summed E-state index contributed by atoms with van der Waals surface area (Å²) in [4.78, 5) is 37.5. The number of carbonyl (C=O) groups is 3. The Morgan fingerprint density at radius 1 is 1.23 bits per heavy atom. The molecule has 0 radical (unpaired) electrons. The third-order valence-electron chi connectivity index (χ3n) is 4.39. The van der Waals surface area contributed by atoms with Crippen molar-refractivity contribution in [1.82, 2.24) is 10.9 Å². The van der Waals surface area contributed by atoms with Gasteiger partial charge >= 0.3 is 0 Å². The van der Waals surface area contributed by atoms with Crippen LogP contribution < -0.4 is 15.8 Å². The minimum atomic E-state index is -0.777. The molecule has 1 saturated heterocycles. The zero-order valence-electron chi connectivity index (χ0n) is 15.1.